The first-order chi connectivity index (χ1) is 12.4. The zero-order valence-corrected chi connectivity index (χ0v) is 15.6. The summed E-state index contributed by atoms with van der Waals surface area (Å²) in [6.07, 6.45) is -0.983. The van der Waals surface area contributed by atoms with Crippen LogP contribution in [0.3, 0.4) is 0 Å². The van der Waals surface area contributed by atoms with Gasteiger partial charge in [0.2, 0.25) is 5.91 Å². The first kappa shape index (κ1) is 17.4. The quantitative estimate of drug-likeness (QED) is 0.740. The number of piperazine rings is 1. The van der Waals surface area contributed by atoms with Crippen molar-refractivity contribution in [1.29, 1.82) is 0 Å². The maximum atomic E-state index is 13.6. The summed E-state index contributed by atoms with van der Waals surface area (Å²) in [6.45, 7) is 1.16. The summed E-state index contributed by atoms with van der Waals surface area (Å²) in [5.74, 6) is 1.17. The number of fused-ring (bicyclic) bond motifs is 3. The zero-order valence-electron chi connectivity index (χ0n) is 14.0. The molecule has 1 aromatic heterocycles. The average Bonchev–Trinajstić information content (AvgIpc) is 2.90. The number of carbonyl (C=O) groups is 1. The first-order valence-corrected chi connectivity index (χ1v) is 9.02. The normalized spacial score (nSPS) is 20.6. The Balaban J connectivity index is 1.77. The van der Waals surface area contributed by atoms with Gasteiger partial charge in [-0.15, -0.1) is 0 Å². The number of likely N-dealkylation sites (N-methyl/N-ethyl adjacent to an activating group) is 1. The second-order valence-electron chi connectivity index (χ2n) is 6.47. The lowest BCUT2D eigenvalue weighted by Gasteiger charge is -2.37. The van der Waals surface area contributed by atoms with E-state index < -0.39 is 12.5 Å². The lowest BCUT2D eigenvalue weighted by molar-refractivity contribution is -0.123. The van der Waals surface area contributed by atoms with Crippen LogP contribution >= 0.6 is 15.9 Å². The maximum absolute atomic E-state index is 13.6. The van der Waals surface area contributed by atoms with Gasteiger partial charge in [0.1, 0.15) is 24.2 Å². The van der Waals surface area contributed by atoms with Gasteiger partial charge in [-0.2, -0.15) is 0 Å². The molecule has 2 aliphatic rings. The third kappa shape index (κ3) is 2.99. The van der Waals surface area contributed by atoms with Crippen molar-refractivity contribution < 1.29 is 18.3 Å². The highest BCUT2D eigenvalue weighted by Crippen LogP contribution is 2.36. The summed E-state index contributed by atoms with van der Waals surface area (Å²) in [5, 5.41) is 0. The third-order valence-corrected chi connectivity index (χ3v) is 5.07. The van der Waals surface area contributed by atoms with Crippen LogP contribution in [-0.2, 0) is 11.3 Å². The molecule has 4 rings (SSSR count). The number of rotatable bonds is 2. The van der Waals surface area contributed by atoms with Crippen molar-refractivity contribution in [2.75, 3.05) is 31.6 Å². The molecule has 0 radical (unpaired) electrons. The molecule has 9 heteroatoms. The van der Waals surface area contributed by atoms with E-state index in [1.54, 1.807) is 18.1 Å². The molecule has 1 atom stereocenters. The van der Waals surface area contributed by atoms with Gasteiger partial charge in [-0.25, -0.2) is 13.8 Å². The van der Waals surface area contributed by atoms with Crippen molar-refractivity contribution in [2.45, 2.75) is 19.0 Å². The smallest absolute Gasteiger partial charge is 0.260 e. The third-order valence-electron chi connectivity index (χ3n) is 4.58. The van der Waals surface area contributed by atoms with E-state index in [0.717, 1.165) is 14.9 Å². The number of amides is 1. The van der Waals surface area contributed by atoms with Gasteiger partial charge in [0.15, 0.2) is 5.82 Å². The molecule has 0 bridgehead atoms. The summed E-state index contributed by atoms with van der Waals surface area (Å²) in [6, 6.07) is 4.38. The van der Waals surface area contributed by atoms with Crippen LogP contribution in [0.5, 0.6) is 5.75 Å². The van der Waals surface area contributed by atoms with Crippen LogP contribution in [0, 0.1) is 0 Å². The van der Waals surface area contributed by atoms with E-state index in [4.69, 9.17) is 4.74 Å². The van der Waals surface area contributed by atoms with Gasteiger partial charge < -0.3 is 9.30 Å². The maximum Gasteiger partial charge on any atom is 0.260 e. The Kier molecular flexibility index (Phi) is 4.44. The predicted octanol–water partition coefficient (Wildman–Crippen LogP) is 2.62. The van der Waals surface area contributed by atoms with Gasteiger partial charge in [0, 0.05) is 17.2 Å². The molecule has 0 N–H and O–H groups in total. The van der Waals surface area contributed by atoms with E-state index in [2.05, 4.69) is 20.9 Å². The number of halogens is 3. The van der Waals surface area contributed by atoms with Crippen LogP contribution in [0.2, 0.25) is 0 Å². The van der Waals surface area contributed by atoms with E-state index in [-0.39, 0.29) is 24.8 Å². The molecule has 2 aromatic rings. The number of imidazole rings is 1. The van der Waals surface area contributed by atoms with E-state index in [1.807, 2.05) is 22.8 Å². The van der Waals surface area contributed by atoms with Gasteiger partial charge in [-0.05, 0) is 25.2 Å². The van der Waals surface area contributed by atoms with Gasteiger partial charge in [-0.3, -0.25) is 14.6 Å². The number of carbonyl (C=O) groups excluding carboxylic acids is 1. The van der Waals surface area contributed by atoms with Crippen molar-refractivity contribution in [1.82, 2.24) is 14.5 Å². The highest BCUT2D eigenvalue weighted by atomic mass is 79.9. The number of benzene rings is 1. The Bertz CT molecular complexity index is 857. The van der Waals surface area contributed by atoms with Crippen molar-refractivity contribution in [3.05, 3.63) is 28.9 Å². The van der Waals surface area contributed by atoms with Crippen LogP contribution < -0.4 is 9.64 Å². The summed E-state index contributed by atoms with van der Waals surface area (Å²) in [4.78, 5) is 19.7. The molecule has 3 heterocycles. The second-order valence-corrected chi connectivity index (χ2v) is 7.38. The molecule has 0 aliphatic carbocycles. The van der Waals surface area contributed by atoms with E-state index in [9.17, 15) is 13.6 Å². The largest absolute Gasteiger partial charge is 0.491 e. The van der Waals surface area contributed by atoms with E-state index >= 15 is 0 Å². The number of hydrogen-bond acceptors (Lipinski definition) is 4. The Labute approximate surface area is 157 Å². The average molecular weight is 427 g/mol. The van der Waals surface area contributed by atoms with Crippen LogP contribution in [0.25, 0.3) is 11.4 Å². The van der Waals surface area contributed by atoms with Crippen molar-refractivity contribution in [3.63, 3.8) is 0 Å². The molecular weight excluding hydrogens is 410 g/mol. The number of aromatic nitrogens is 2. The lowest BCUT2D eigenvalue weighted by Crippen LogP contribution is -2.58. The summed E-state index contributed by atoms with van der Waals surface area (Å²) in [7, 11) is 1.67. The van der Waals surface area contributed by atoms with Crippen molar-refractivity contribution in [2.24, 2.45) is 0 Å². The van der Waals surface area contributed by atoms with Crippen LogP contribution in [0.1, 0.15) is 0 Å². The minimum absolute atomic E-state index is 0.0953. The fourth-order valence-corrected chi connectivity index (χ4v) is 3.75. The molecule has 0 spiro atoms. The van der Waals surface area contributed by atoms with Crippen molar-refractivity contribution in [3.8, 4) is 17.1 Å². The standard InChI is InChI=1S/C17H17BrF2N4O2/c1-22-7-12(16(19)20)24(15(25)9-22)14-8-23-4-5-26-13-6-10(18)2-3-11(13)17(23)21-14/h2-3,6,8,12,16H,4-5,7,9H2,1H3/t12-/m0/s1. The molecule has 138 valence electrons. The molecule has 1 fully saturated rings. The Morgan fingerprint density at radius 3 is 2.96 bits per heavy atom. The van der Waals surface area contributed by atoms with Crippen LogP contribution in [0.4, 0.5) is 14.6 Å². The number of hydrogen-bond donors (Lipinski definition) is 0. The molecule has 1 saturated heterocycles. The number of nitrogens with zero attached hydrogens (tertiary/aromatic N) is 4. The Morgan fingerprint density at radius 2 is 2.19 bits per heavy atom. The lowest BCUT2D eigenvalue weighted by atomic mass is 10.1. The Morgan fingerprint density at radius 1 is 1.38 bits per heavy atom. The second kappa shape index (κ2) is 6.62. The summed E-state index contributed by atoms with van der Waals surface area (Å²) >= 11 is 3.41. The molecule has 0 saturated carbocycles. The number of anilines is 1. The number of ether oxygens (including phenoxy) is 1. The molecule has 6 nitrogen and oxygen atoms in total. The topological polar surface area (TPSA) is 50.6 Å². The van der Waals surface area contributed by atoms with E-state index in [1.165, 1.54) is 0 Å². The highest BCUT2D eigenvalue weighted by molar-refractivity contribution is 9.10. The molecule has 2 aliphatic heterocycles. The molecule has 1 amide bonds. The fourth-order valence-electron chi connectivity index (χ4n) is 3.41. The number of alkyl halides is 2. The predicted molar refractivity (Wildman–Crippen MR) is 95.6 cm³/mol. The van der Waals surface area contributed by atoms with E-state index in [0.29, 0.717) is 24.7 Å². The molecule has 26 heavy (non-hydrogen) atoms. The van der Waals surface area contributed by atoms with Gasteiger partial charge in [-0.1, -0.05) is 15.9 Å². The molecule has 1 aromatic carbocycles. The molecular formula is C17H17BrF2N4O2. The minimum atomic E-state index is -2.64. The van der Waals surface area contributed by atoms with Gasteiger partial charge in [0.25, 0.3) is 6.43 Å². The first-order valence-electron chi connectivity index (χ1n) is 8.22. The highest BCUT2D eigenvalue weighted by Gasteiger charge is 2.39. The zero-order chi connectivity index (χ0) is 18.4. The van der Waals surface area contributed by atoms with Gasteiger partial charge >= 0.3 is 0 Å². The van der Waals surface area contributed by atoms with Crippen LogP contribution in [0.15, 0.2) is 28.9 Å². The van der Waals surface area contributed by atoms with Crippen LogP contribution in [-0.4, -0.2) is 59.6 Å². The van der Waals surface area contributed by atoms with Gasteiger partial charge in [0.05, 0.1) is 18.7 Å². The Hall–Kier alpha value is -2.00. The monoisotopic (exact) mass is 426 g/mol. The van der Waals surface area contributed by atoms with Crippen molar-refractivity contribution >= 4 is 27.7 Å². The minimum Gasteiger partial charge on any atom is -0.491 e. The SMILES string of the molecule is CN1CC(=O)N(c2cn3c(n2)-c2ccc(Br)cc2OCC3)[C@H](C(F)F)C1. The summed E-state index contributed by atoms with van der Waals surface area (Å²) in [5.41, 5.74) is 0.770. The fraction of sp³-hybridized carbons (Fsp3) is 0.412. The summed E-state index contributed by atoms with van der Waals surface area (Å²) < 4.78 is 35.6. The molecule has 0 unspecified atom stereocenters.